The van der Waals surface area contributed by atoms with Gasteiger partial charge in [-0.15, -0.1) is 0 Å². The zero-order valence-electron chi connectivity index (χ0n) is 10.9. The first-order valence-electron chi connectivity index (χ1n) is 7.50. The molecule has 1 aliphatic carbocycles. The van der Waals surface area contributed by atoms with Crippen molar-refractivity contribution in [3.63, 3.8) is 0 Å². The van der Waals surface area contributed by atoms with Gasteiger partial charge in [0.1, 0.15) is 0 Å². The molecule has 1 saturated carbocycles. The number of nitrogens with zero attached hydrogens (tertiary/aromatic N) is 1. The predicted octanol–water partition coefficient (Wildman–Crippen LogP) is 2.49. The highest BCUT2D eigenvalue weighted by molar-refractivity contribution is 7.99. The summed E-state index contributed by atoms with van der Waals surface area (Å²) in [6, 6.07) is 2.63. The van der Waals surface area contributed by atoms with E-state index in [0.29, 0.717) is 0 Å². The summed E-state index contributed by atoms with van der Waals surface area (Å²) < 4.78 is 0. The van der Waals surface area contributed by atoms with Crippen LogP contribution in [-0.4, -0.2) is 47.6 Å². The van der Waals surface area contributed by atoms with Crippen molar-refractivity contribution >= 4 is 11.8 Å². The van der Waals surface area contributed by atoms with E-state index in [1.807, 2.05) is 0 Å². The highest BCUT2D eigenvalue weighted by atomic mass is 32.2. The number of rotatable bonds is 4. The van der Waals surface area contributed by atoms with Crippen LogP contribution in [0.4, 0.5) is 0 Å². The lowest BCUT2D eigenvalue weighted by Crippen LogP contribution is -2.49. The van der Waals surface area contributed by atoms with Crippen LogP contribution < -0.4 is 5.32 Å². The Morgan fingerprint density at radius 1 is 1.00 bits per heavy atom. The molecule has 2 unspecified atom stereocenters. The maximum absolute atomic E-state index is 3.72. The Morgan fingerprint density at radius 2 is 1.94 bits per heavy atom. The summed E-state index contributed by atoms with van der Waals surface area (Å²) in [5.41, 5.74) is 0. The van der Waals surface area contributed by atoms with Crippen LogP contribution in [0.15, 0.2) is 0 Å². The minimum absolute atomic E-state index is 0.788. The van der Waals surface area contributed by atoms with Gasteiger partial charge in [-0.05, 0) is 50.8 Å². The quantitative estimate of drug-likeness (QED) is 0.830. The van der Waals surface area contributed by atoms with Crippen molar-refractivity contribution in [1.82, 2.24) is 10.2 Å². The van der Waals surface area contributed by atoms with Gasteiger partial charge in [-0.2, -0.15) is 11.8 Å². The van der Waals surface area contributed by atoms with Gasteiger partial charge in [-0.25, -0.2) is 0 Å². The molecule has 0 bridgehead atoms. The van der Waals surface area contributed by atoms with Crippen LogP contribution in [0, 0.1) is 0 Å². The van der Waals surface area contributed by atoms with Crippen LogP contribution in [0.3, 0.4) is 0 Å². The van der Waals surface area contributed by atoms with Gasteiger partial charge in [0.05, 0.1) is 0 Å². The number of hydrogen-bond donors (Lipinski definition) is 1. The second-order valence-electron chi connectivity index (χ2n) is 5.95. The van der Waals surface area contributed by atoms with Crippen LogP contribution in [0.25, 0.3) is 0 Å². The smallest absolute Gasteiger partial charge is 0.0195 e. The van der Waals surface area contributed by atoms with Gasteiger partial charge in [0.15, 0.2) is 0 Å². The Balaban J connectivity index is 1.55. The lowest BCUT2D eigenvalue weighted by Gasteiger charge is -2.37. The molecule has 3 aliphatic rings. The molecule has 3 rings (SSSR count). The van der Waals surface area contributed by atoms with E-state index in [-0.39, 0.29) is 0 Å². The molecule has 98 valence electrons. The predicted molar refractivity (Wildman–Crippen MR) is 75.7 cm³/mol. The second-order valence-corrected chi connectivity index (χ2v) is 7.10. The third kappa shape index (κ3) is 3.39. The number of hydrogen-bond acceptors (Lipinski definition) is 3. The summed E-state index contributed by atoms with van der Waals surface area (Å²) >= 11 is 2.18. The summed E-state index contributed by atoms with van der Waals surface area (Å²) in [5, 5.41) is 3.72. The van der Waals surface area contributed by atoms with Gasteiger partial charge < -0.3 is 5.32 Å². The van der Waals surface area contributed by atoms with Gasteiger partial charge in [-0.1, -0.05) is 6.42 Å². The van der Waals surface area contributed by atoms with Gasteiger partial charge in [0.2, 0.25) is 0 Å². The van der Waals surface area contributed by atoms with Crippen molar-refractivity contribution in [2.45, 2.75) is 63.1 Å². The molecule has 0 radical (unpaired) electrons. The van der Waals surface area contributed by atoms with Crippen molar-refractivity contribution in [1.29, 1.82) is 0 Å². The van der Waals surface area contributed by atoms with Gasteiger partial charge in [-0.3, -0.25) is 4.90 Å². The Bertz CT molecular complexity index is 230. The number of nitrogens with one attached hydrogen (secondary N) is 1. The van der Waals surface area contributed by atoms with Crippen LogP contribution in [0.1, 0.15) is 44.9 Å². The molecule has 0 aromatic heterocycles. The normalized spacial score (nSPS) is 35.1. The van der Waals surface area contributed by atoms with Gasteiger partial charge in [0.25, 0.3) is 0 Å². The first-order chi connectivity index (χ1) is 8.43. The van der Waals surface area contributed by atoms with Gasteiger partial charge in [0, 0.05) is 30.4 Å². The third-order valence-corrected chi connectivity index (χ3v) is 5.66. The molecule has 3 heteroatoms. The molecule has 0 spiro atoms. The maximum atomic E-state index is 3.72. The largest absolute Gasteiger partial charge is 0.313 e. The minimum Gasteiger partial charge on any atom is -0.313 e. The molecule has 0 aromatic rings. The van der Waals surface area contributed by atoms with Crippen LogP contribution in [0.2, 0.25) is 0 Å². The molecule has 17 heavy (non-hydrogen) atoms. The molecule has 2 heterocycles. The molecule has 1 N–H and O–H groups in total. The highest BCUT2D eigenvalue weighted by Gasteiger charge is 2.35. The maximum Gasteiger partial charge on any atom is 0.0195 e. The molecule has 0 aromatic carbocycles. The van der Waals surface area contributed by atoms with Crippen molar-refractivity contribution in [2.24, 2.45) is 0 Å². The fourth-order valence-corrected chi connectivity index (χ4v) is 4.49. The lowest BCUT2D eigenvalue weighted by molar-refractivity contribution is 0.160. The van der Waals surface area contributed by atoms with Crippen molar-refractivity contribution in [3.8, 4) is 0 Å². The average molecular weight is 254 g/mol. The summed E-state index contributed by atoms with van der Waals surface area (Å²) in [6.45, 7) is 2.58. The van der Waals surface area contributed by atoms with E-state index in [0.717, 1.165) is 18.1 Å². The molecular weight excluding hydrogens is 228 g/mol. The first kappa shape index (κ1) is 12.3. The Hall–Kier alpha value is 0.270. The van der Waals surface area contributed by atoms with E-state index >= 15 is 0 Å². The van der Waals surface area contributed by atoms with E-state index in [1.165, 1.54) is 69.5 Å². The van der Waals surface area contributed by atoms with Crippen LogP contribution in [-0.2, 0) is 0 Å². The number of thioether (sulfide) groups is 1. The first-order valence-corrected chi connectivity index (χ1v) is 8.66. The fraction of sp³-hybridized carbons (Fsp3) is 1.00. The highest BCUT2D eigenvalue weighted by Crippen LogP contribution is 2.33. The van der Waals surface area contributed by atoms with E-state index in [1.54, 1.807) is 0 Å². The molecular formula is C14H26N2S. The minimum atomic E-state index is 0.788. The standard InChI is InChI=1S/C14H26N2S/c1-2-8-15-12(4-1)10-16(13-6-7-13)14-5-3-9-17-11-14/h12-15H,1-11H2. The summed E-state index contributed by atoms with van der Waals surface area (Å²) in [6.07, 6.45) is 10.1. The van der Waals surface area contributed by atoms with Crippen LogP contribution in [0.5, 0.6) is 0 Å². The average Bonchev–Trinajstić information content (AvgIpc) is 3.23. The molecule has 0 amide bonds. The molecule has 2 nitrogen and oxygen atoms in total. The second kappa shape index (κ2) is 5.94. The Kier molecular flexibility index (Phi) is 4.30. The third-order valence-electron chi connectivity index (χ3n) is 4.46. The molecule has 3 fully saturated rings. The van der Waals surface area contributed by atoms with Crippen molar-refractivity contribution < 1.29 is 0 Å². The Morgan fingerprint density at radius 3 is 2.59 bits per heavy atom. The Labute approximate surface area is 110 Å². The van der Waals surface area contributed by atoms with Crippen molar-refractivity contribution in [3.05, 3.63) is 0 Å². The van der Waals surface area contributed by atoms with Gasteiger partial charge >= 0.3 is 0 Å². The van der Waals surface area contributed by atoms with Crippen LogP contribution >= 0.6 is 11.8 Å². The summed E-state index contributed by atoms with van der Waals surface area (Å²) in [7, 11) is 0. The van der Waals surface area contributed by atoms with E-state index in [2.05, 4.69) is 22.0 Å². The fourth-order valence-electron chi connectivity index (χ4n) is 3.32. The topological polar surface area (TPSA) is 15.3 Å². The monoisotopic (exact) mass is 254 g/mol. The van der Waals surface area contributed by atoms with E-state index < -0.39 is 0 Å². The SMILES string of the molecule is C1CCC(CN(C2CC2)C2CCCSC2)NC1. The lowest BCUT2D eigenvalue weighted by atomic mass is 10.0. The van der Waals surface area contributed by atoms with E-state index in [4.69, 9.17) is 0 Å². The number of piperidine rings is 1. The zero-order valence-corrected chi connectivity index (χ0v) is 11.7. The summed E-state index contributed by atoms with van der Waals surface area (Å²) in [5.74, 6) is 2.79. The molecule has 2 atom stereocenters. The summed E-state index contributed by atoms with van der Waals surface area (Å²) in [4.78, 5) is 2.87. The molecule has 2 aliphatic heterocycles. The molecule has 2 saturated heterocycles. The van der Waals surface area contributed by atoms with E-state index in [9.17, 15) is 0 Å². The zero-order chi connectivity index (χ0) is 11.5. The van der Waals surface area contributed by atoms with Crippen molar-refractivity contribution in [2.75, 3.05) is 24.6 Å².